The molecule has 0 fully saturated rings. The van der Waals surface area contributed by atoms with Gasteiger partial charge in [-0.3, -0.25) is 0 Å². The summed E-state index contributed by atoms with van der Waals surface area (Å²) in [5, 5.41) is 2.48. The van der Waals surface area contributed by atoms with E-state index in [2.05, 4.69) is 27.1 Å². The standard InChI is InChI=1S/C7H9AsN2OS2/c9-7(11)10-6-3-1-5(2-4-6)8(12)13/h1-4,12-13H,(H3,9,10,11). The zero-order valence-electron chi connectivity index (χ0n) is 6.64. The van der Waals surface area contributed by atoms with Crippen molar-refractivity contribution in [1.29, 1.82) is 0 Å². The van der Waals surface area contributed by atoms with Crippen molar-refractivity contribution < 1.29 is 4.79 Å². The number of carbonyl (C=O) groups is 1. The first-order valence-electron chi connectivity index (χ1n) is 3.44. The van der Waals surface area contributed by atoms with Gasteiger partial charge in [0, 0.05) is 0 Å². The van der Waals surface area contributed by atoms with Crippen LogP contribution in [0.25, 0.3) is 0 Å². The average molecular weight is 276 g/mol. The van der Waals surface area contributed by atoms with E-state index in [0.29, 0.717) is 5.69 Å². The molecule has 3 N–H and O–H groups in total. The van der Waals surface area contributed by atoms with Crippen LogP contribution < -0.4 is 15.4 Å². The molecular weight excluding hydrogens is 267 g/mol. The van der Waals surface area contributed by atoms with Crippen LogP contribution in [0, 0.1) is 0 Å². The number of thiol groups is 2. The van der Waals surface area contributed by atoms with Gasteiger partial charge in [-0.2, -0.15) is 0 Å². The molecule has 0 spiro atoms. The normalized spacial score (nSPS) is 10.1. The van der Waals surface area contributed by atoms with Gasteiger partial charge in [-0.25, -0.2) is 0 Å². The van der Waals surface area contributed by atoms with Gasteiger partial charge in [0.25, 0.3) is 0 Å². The summed E-state index contributed by atoms with van der Waals surface area (Å²) in [6, 6.07) is 6.80. The number of primary amides is 1. The predicted octanol–water partition coefficient (Wildman–Crippen LogP) is 0.732. The van der Waals surface area contributed by atoms with Crippen molar-refractivity contribution in [3.8, 4) is 0 Å². The van der Waals surface area contributed by atoms with E-state index in [1.165, 1.54) is 0 Å². The van der Waals surface area contributed by atoms with Gasteiger partial charge in [0.15, 0.2) is 0 Å². The summed E-state index contributed by atoms with van der Waals surface area (Å²) in [6.45, 7) is 0. The van der Waals surface area contributed by atoms with Crippen LogP contribution in [0.15, 0.2) is 24.3 Å². The van der Waals surface area contributed by atoms with Crippen LogP contribution in [-0.2, 0) is 0 Å². The summed E-state index contributed by atoms with van der Waals surface area (Å²) in [5.74, 6) is 0. The van der Waals surface area contributed by atoms with E-state index in [0.717, 1.165) is 4.35 Å². The Morgan fingerprint density at radius 1 is 1.31 bits per heavy atom. The number of carbonyl (C=O) groups excluding carboxylic acids is 1. The Hall–Kier alpha value is -0.252. The van der Waals surface area contributed by atoms with Crippen LogP contribution in [0.2, 0.25) is 0 Å². The maximum atomic E-state index is 10.5. The molecule has 0 aromatic heterocycles. The molecule has 0 unspecified atom stereocenters. The SMILES string of the molecule is NC(=O)Nc1ccc([As](S)S)cc1. The molecule has 0 heterocycles. The number of hydrogen-bond acceptors (Lipinski definition) is 3. The van der Waals surface area contributed by atoms with Crippen molar-refractivity contribution >= 4 is 50.2 Å². The van der Waals surface area contributed by atoms with E-state index < -0.39 is 18.4 Å². The first-order chi connectivity index (χ1) is 6.09. The molecule has 0 saturated carbocycles. The Balaban J connectivity index is 2.75. The maximum absolute atomic E-state index is 10.5. The molecule has 0 atom stereocenters. The Kier molecular flexibility index (Phi) is 4.03. The Morgan fingerprint density at radius 2 is 1.85 bits per heavy atom. The van der Waals surface area contributed by atoms with E-state index in [-0.39, 0.29) is 0 Å². The first-order valence-corrected chi connectivity index (χ1v) is 10.2. The van der Waals surface area contributed by atoms with E-state index in [1.807, 2.05) is 12.1 Å². The number of amides is 2. The van der Waals surface area contributed by atoms with Crippen LogP contribution in [0.5, 0.6) is 0 Å². The zero-order chi connectivity index (χ0) is 9.84. The van der Waals surface area contributed by atoms with Gasteiger partial charge in [-0.15, -0.1) is 0 Å². The summed E-state index contributed by atoms with van der Waals surface area (Å²) in [7, 11) is 8.58. The van der Waals surface area contributed by atoms with E-state index in [1.54, 1.807) is 12.1 Å². The first kappa shape index (κ1) is 10.8. The minimum absolute atomic E-state index is 0.557. The van der Waals surface area contributed by atoms with Crippen molar-refractivity contribution in [1.82, 2.24) is 0 Å². The monoisotopic (exact) mass is 276 g/mol. The summed E-state index contributed by atoms with van der Waals surface area (Å²) in [5.41, 5.74) is 5.64. The van der Waals surface area contributed by atoms with Crippen LogP contribution in [0.1, 0.15) is 0 Å². The number of rotatable bonds is 2. The molecule has 1 rings (SSSR count). The van der Waals surface area contributed by atoms with Gasteiger partial charge in [-0.05, 0) is 0 Å². The van der Waals surface area contributed by atoms with Gasteiger partial charge in [0.1, 0.15) is 0 Å². The van der Waals surface area contributed by atoms with Crippen LogP contribution in [-0.4, -0.2) is 18.4 Å². The second-order valence-electron chi connectivity index (χ2n) is 2.33. The number of anilines is 1. The molecule has 70 valence electrons. The third-order valence-electron chi connectivity index (χ3n) is 1.37. The number of nitrogens with one attached hydrogen (secondary N) is 1. The molecule has 13 heavy (non-hydrogen) atoms. The van der Waals surface area contributed by atoms with E-state index in [9.17, 15) is 4.79 Å². The third kappa shape index (κ3) is 3.54. The second-order valence-corrected chi connectivity index (χ2v) is 10.4. The van der Waals surface area contributed by atoms with Crippen LogP contribution in [0.3, 0.4) is 0 Å². The Bertz CT molecular complexity index is 302. The van der Waals surface area contributed by atoms with Crippen molar-refractivity contribution in [2.75, 3.05) is 5.32 Å². The van der Waals surface area contributed by atoms with Gasteiger partial charge >= 0.3 is 90.3 Å². The number of urea groups is 1. The molecule has 0 bridgehead atoms. The van der Waals surface area contributed by atoms with Crippen molar-refractivity contribution in [3.63, 3.8) is 0 Å². The fraction of sp³-hybridized carbons (Fsp3) is 0. The molecule has 0 radical (unpaired) electrons. The second kappa shape index (κ2) is 4.84. The molecule has 6 heteroatoms. The molecule has 1 aromatic rings. The van der Waals surface area contributed by atoms with Crippen molar-refractivity contribution in [2.45, 2.75) is 0 Å². The van der Waals surface area contributed by atoms with Crippen molar-refractivity contribution in [2.24, 2.45) is 5.73 Å². The Labute approximate surface area is 90.1 Å². The molecule has 0 saturated heterocycles. The van der Waals surface area contributed by atoms with Crippen LogP contribution >= 0.6 is 21.8 Å². The van der Waals surface area contributed by atoms with Gasteiger partial charge in [0.2, 0.25) is 0 Å². The van der Waals surface area contributed by atoms with Gasteiger partial charge < -0.3 is 0 Å². The number of nitrogens with two attached hydrogens (primary N) is 1. The molecule has 0 aliphatic heterocycles. The van der Waals surface area contributed by atoms with E-state index in [4.69, 9.17) is 5.73 Å². The minimum atomic E-state index is -1.40. The quantitative estimate of drug-likeness (QED) is 0.467. The number of benzene rings is 1. The average Bonchev–Trinajstić information content (AvgIpc) is 2.04. The molecule has 0 aliphatic carbocycles. The molecule has 1 aromatic carbocycles. The molecule has 3 nitrogen and oxygen atoms in total. The van der Waals surface area contributed by atoms with E-state index >= 15 is 0 Å². The zero-order valence-corrected chi connectivity index (χ0v) is 10.3. The fourth-order valence-electron chi connectivity index (χ4n) is 0.820. The predicted molar refractivity (Wildman–Crippen MR) is 63.0 cm³/mol. The Morgan fingerprint density at radius 3 is 2.23 bits per heavy atom. The van der Waals surface area contributed by atoms with Crippen molar-refractivity contribution in [3.05, 3.63) is 24.3 Å². The summed E-state index contributed by atoms with van der Waals surface area (Å²) < 4.78 is 1.12. The molecular formula is C7H9AsN2OS2. The third-order valence-corrected chi connectivity index (χ3v) is 5.36. The van der Waals surface area contributed by atoms with Gasteiger partial charge in [0.05, 0.1) is 0 Å². The summed E-state index contributed by atoms with van der Waals surface area (Å²) in [6.07, 6.45) is 0. The van der Waals surface area contributed by atoms with Crippen LogP contribution in [0.4, 0.5) is 10.5 Å². The number of hydrogen-bond donors (Lipinski definition) is 4. The fourth-order valence-corrected chi connectivity index (χ4v) is 3.08. The van der Waals surface area contributed by atoms with Gasteiger partial charge in [-0.1, -0.05) is 0 Å². The molecule has 2 amide bonds. The summed E-state index contributed by atoms with van der Waals surface area (Å²) >= 11 is -1.40. The summed E-state index contributed by atoms with van der Waals surface area (Å²) in [4.78, 5) is 10.5. The molecule has 0 aliphatic rings. The topological polar surface area (TPSA) is 55.1 Å².